The maximum atomic E-state index is 5.65. The summed E-state index contributed by atoms with van der Waals surface area (Å²) >= 11 is 0. The van der Waals surface area contributed by atoms with Crippen molar-refractivity contribution in [3.63, 3.8) is 0 Å². The number of rotatable bonds is 0. The van der Waals surface area contributed by atoms with Crippen LogP contribution in [0.2, 0.25) is 0 Å². The lowest BCUT2D eigenvalue weighted by atomic mass is 9.96. The molecule has 1 aromatic carbocycles. The molecule has 0 aliphatic carbocycles. The maximum absolute atomic E-state index is 5.65. The maximum Gasteiger partial charge on any atom is 0.246 e. The predicted octanol–water partition coefficient (Wildman–Crippen LogP) is 2.83. The first-order valence-corrected chi connectivity index (χ1v) is 4.50. The van der Waals surface area contributed by atoms with Crippen molar-refractivity contribution in [1.29, 1.82) is 0 Å². The number of fused-ring (bicyclic) bond motifs is 1. The summed E-state index contributed by atoms with van der Waals surface area (Å²) in [5.74, 6) is 1.70. The molecule has 0 spiro atoms. The van der Waals surface area contributed by atoms with E-state index >= 15 is 0 Å². The normalized spacial score (nSPS) is 16.2. The minimum absolute atomic E-state index is 0.0129. The van der Waals surface area contributed by atoms with Crippen LogP contribution in [-0.2, 0) is 0 Å². The van der Waals surface area contributed by atoms with E-state index in [0.29, 0.717) is 0 Å². The number of hydrogen-bond acceptors (Lipinski definition) is 2. The predicted molar refractivity (Wildman–Crippen MR) is 50.9 cm³/mol. The SMILES string of the molecule is CC(C)(C)C1Oc2ccccc2O1. The largest absolute Gasteiger partial charge is 0.450 e. The Bertz CT molecular complexity index is 287. The van der Waals surface area contributed by atoms with Gasteiger partial charge in [-0.2, -0.15) is 0 Å². The van der Waals surface area contributed by atoms with Crippen molar-refractivity contribution in [2.45, 2.75) is 27.1 Å². The third-order valence-corrected chi connectivity index (χ3v) is 2.02. The highest BCUT2D eigenvalue weighted by atomic mass is 16.7. The van der Waals surface area contributed by atoms with Crippen molar-refractivity contribution < 1.29 is 9.47 Å². The van der Waals surface area contributed by atoms with E-state index in [9.17, 15) is 0 Å². The molecule has 1 aliphatic rings. The van der Waals surface area contributed by atoms with Gasteiger partial charge in [-0.05, 0) is 12.1 Å². The highest BCUT2D eigenvalue weighted by Gasteiger charge is 2.34. The fourth-order valence-electron chi connectivity index (χ4n) is 1.25. The van der Waals surface area contributed by atoms with Gasteiger partial charge in [0, 0.05) is 5.41 Å². The summed E-state index contributed by atoms with van der Waals surface area (Å²) in [6.45, 7) is 6.30. The molecule has 2 nitrogen and oxygen atoms in total. The molecule has 2 heteroatoms. The molecule has 1 heterocycles. The van der Waals surface area contributed by atoms with Gasteiger partial charge in [0.1, 0.15) is 0 Å². The number of hydrogen-bond donors (Lipinski definition) is 0. The van der Waals surface area contributed by atoms with E-state index in [1.807, 2.05) is 24.3 Å². The van der Waals surface area contributed by atoms with Gasteiger partial charge in [-0.3, -0.25) is 0 Å². The van der Waals surface area contributed by atoms with E-state index in [2.05, 4.69) is 20.8 Å². The molecule has 2 rings (SSSR count). The lowest BCUT2D eigenvalue weighted by Gasteiger charge is -2.24. The van der Waals surface area contributed by atoms with E-state index in [1.54, 1.807) is 0 Å². The average molecular weight is 178 g/mol. The number of benzene rings is 1. The fourth-order valence-corrected chi connectivity index (χ4v) is 1.25. The summed E-state index contributed by atoms with van der Waals surface area (Å²) in [6.07, 6.45) is -0.162. The van der Waals surface area contributed by atoms with Crippen LogP contribution in [0.5, 0.6) is 11.5 Å². The van der Waals surface area contributed by atoms with Crippen LogP contribution in [0.4, 0.5) is 0 Å². The molecule has 1 aromatic rings. The molecule has 0 fully saturated rings. The van der Waals surface area contributed by atoms with Crippen molar-refractivity contribution in [1.82, 2.24) is 0 Å². The first kappa shape index (κ1) is 8.42. The zero-order valence-corrected chi connectivity index (χ0v) is 8.20. The van der Waals surface area contributed by atoms with Crippen molar-refractivity contribution in [3.8, 4) is 11.5 Å². The van der Waals surface area contributed by atoms with Gasteiger partial charge in [-0.15, -0.1) is 0 Å². The molecular weight excluding hydrogens is 164 g/mol. The van der Waals surface area contributed by atoms with E-state index < -0.39 is 0 Å². The Labute approximate surface area is 78.5 Å². The highest BCUT2D eigenvalue weighted by Crippen LogP contribution is 2.39. The molecule has 0 atom stereocenters. The quantitative estimate of drug-likeness (QED) is 0.608. The van der Waals surface area contributed by atoms with Crippen molar-refractivity contribution >= 4 is 0 Å². The second-order valence-electron chi connectivity index (χ2n) is 4.38. The van der Waals surface area contributed by atoms with E-state index in [-0.39, 0.29) is 11.7 Å². The van der Waals surface area contributed by atoms with Gasteiger partial charge >= 0.3 is 0 Å². The van der Waals surface area contributed by atoms with Crippen LogP contribution in [0.3, 0.4) is 0 Å². The van der Waals surface area contributed by atoms with Crippen LogP contribution in [0.25, 0.3) is 0 Å². The standard InChI is InChI=1S/C11H14O2/c1-11(2,3)10-12-8-6-4-5-7-9(8)13-10/h4-7,10H,1-3H3. The summed E-state index contributed by atoms with van der Waals surface area (Å²) in [4.78, 5) is 0. The lowest BCUT2D eigenvalue weighted by molar-refractivity contribution is -0.0396. The van der Waals surface area contributed by atoms with Gasteiger partial charge < -0.3 is 9.47 Å². The fraction of sp³-hybridized carbons (Fsp3) is 0.455. The van der Waals surface area contributed by atoms with E-state index in [4.69, 9.17) is 9.47 Å². The molecule has 0 saturated carbocycles. The molecule has 0 N–H and O–H groups in total. The lowest BCUT2D eigenvalue weighted by Crippen LogP contribution is -2.33. The first-order valence-electron chi connectivity index (χ1n) is 4.50. The molecule has 0 amide bonds. The monoisotopic (exact) mass is 178 g/mol. The van der Waals surface area contributed by atoms with Gasteiger partial charge in [0.25, 0.3) is 0 Å². The third kappa shape index (κ3) is 1.48. The van der Waals surface area contributed by atoms with Crippen LogP contribution in [-0.4, -0.2) is 6.29 Å². The van der Waals surface area contributed by atoms with Crippen LogP contribution < -0.4 is 9.47 Å². The van der Waals surface area contributed by atoms with E-state index in [0.717, 1.165) is 11.5 Å². The molecular formula is C11H14O2. The Morgan fingerprint density at radius 3 is 1.85 bits per heavy atom. The molecule has 0 saturated heterocycles. The zero-order chi connectivity index (χ0) is 9.47. The average Bonchev–Trinajstić information content (AvgIpc) is 2.45. The van der Waals surface area contributed by atoms with Crippen LogP contribution in [0.1, 0.15) is 20.8 Å². The van der Waals surface area contributed by atoms with Crippen molar-refractivity contribution in [3.05, 3.63) is 24.3 Å². The molecule has 0 aromatic heterocycles. The van der Waals surface area contributed by atoms with E-state index in [1.165, 1.54) is 0 Å². The van der Waals surface area contributed by atoms with Crippen molar-refractivity contribution in [2.75, 3.05) is 0 Å². The first-order chi connectivity index (χ1) is 6.07. The van der Waals surface area contributed by atoms with Crippen molar-refractivity contribution in [2.24, 2.45) is 5.41 Å². The highest BCUT2D eigenvalue weighted by molar-refractivity contribution is 5.41. The second kappa shape index (κ2) is 2.66. The number of ether oxygens (including phenoxy) is 2. The van der Waals surface area contributed by atoms with Gasteiger partial charge in [0.15, 0.2) is 11.5 Å². The smallest absolute Gasteiger partial charge is 0.246 e. The summed E-state index contributed by atoms with van der Waals surface area (Å²) in [5, 5.41) is 0. The third-order valence-electron chi connectivity index (χ3n) is 2.02. The van der Waals surface area contributed by atoms with Crippen LogP contribution >= 0.6 is 0 Å². The zero-order valence-electron chi connectivity index (χ0n) is 8.20. The molecule has 0 radical (unpaired) electrons. The van der Waals surface area contributed by atoms with Crippen LogP contribution in [0, 0.1) is 5.41 Å². The van der Waals surface area contributed by atoms with Gasteiger partial charge in [-0.1, -0.05) is 32.9 Å². The minimum Gasteiger partial charge on any atom is -0.450 e. The Morgan fingerprint density at radius 1 is 1.00 bits per heavy atom. The minimum atomic E-state index is -0.162. The van der Waals surface area contributed by atoms with Gasteiger partial charge in [-0.25, -0.2) is 0 Å². The molecule has 0 unspecified atom stereocenters. The summed E-state index contributed by atoms with van der Waals surface area (Å²) in [6, 6.07) is 7.77. The molecule has 70 valence electrons. The second-order valence-corrected chi connectivity index (χ2v) is 4.38. The molecule has 0 bridgehead atoms. The molecule has 1 aliphatic heterocycles. The Kier molecular flexibility index (Phi) is 1.72. The summed E-state index contributed by atoms with van der Waals surface area (Å²) < 4.78 is 11.3. The van der Waals surface area contributed by atoms with Gasteiger partial charge in [0.2, 0.25) is 6.29 Å². The topological polar surface area (TPSA) is 18.5 Å². The molecule has 13 heavy (non-hydrogen) atoms. The Balaban J connectivity index is 2.23. The van der Waals surface area contributed by atoms with Crippen LogP contribution in [0.15, 0.2) is 24.3 Å². The summed E-state index contributed by atoms with van der Waals surface area (Å²) in [7, 11) is 0. The number of para-hydroxylation sites is 2. The Hall–Kier alpha value is -1.18. The Morgan fingerprint density at radius 2 is 1.46 bits per heavy atom. The summed E-state index contributed by atoms with van der Waals surface area (Å²) in [5.41, 5.74) is 0.0129. The van der Waals surface area contributed by atoms with Gasteiger partial charge in [0.05, 0.1) is 0 Å².